The van der Waals surface area contributed by atoms with Crippen LogP contribution in [0.3, 0.4) is 0 Å². The molecule has 0 aliphatic rings. The Balaban J connectivity index is 1.93. The van der Waals surface area contributed by atoms with Gasteiger partial charge in [-0.15, -0.1) is 0 Å². The zero-order chi connectivity index (χ0) is 18.4. The summed E-state index contributed by atoms with van der Waals surface area (Å²) >= 11 is 0. The summed E-state index contributed by atoms with van der Waals surface area (Å²) in [5.41, 5.74) is 0.391. The smallest absolute Gasteiger partial charge is 0.321 e. The highest BCUT2D eigenvalue weighted by Gasteiger charge is 2.24. The molecule has 0 amide bonds. The number of sulfonamides is 1. The molecule has 0 heterocycles. The number of ether oxygens (including phenoxy) is 1. The van der Waals surface area contributed by atoms with E-state index in [9.17, 15) is 22.4 Å². The van der Waals surface area contributed by atoms with Gasteiger partial charge in [0.1, 0.15) is 12.4 Å². The van der Waals surface area contributed by atoms with Crippen molar-refractivity contribution in [1.82, 2.24) is 4.31 Å². The Morgan fingerprint density at radius 3 is 2.24 bits per heavy atom. The molecular weight excluding hydrogens is 349 g/mol. The SMILES string of the molecule is CN(CC(=O)OCC(=O)c1ccccc1)S(=O)(=O)c1ccc(F)cc1. The molecule has 2 aromatic rings. The lowest BCUT2D eigenvalue weighted by Gasteiger charge is -2.16. The second kappa shape index (κ2) is 8.00. The highest BCUT2D eigenvalue weighted by molar-refractivity contribution is 7.89. The number of esters is 1. The van der Waals surface area contributed by atoms with Crippen LogP contribution in [0.15, 0.2) is 59.5 Å². The van der Waals surface area contributed by atoms with Gasteiger partial charge in [0.05, 0.1) is 4.90 Å². The van der Waals surface area contributed by atoms with E-state index < -0.39 is 40.7 Å². The van der Waals surface area contributed by atoms with Crippen molar-refractivity contribution >= 4 is 21.8 Å². The van der Waals surface area contributed by atoms with Crippen molar-refractivity contribution in [3.8, 4) is 0 Å². The van der Waals surface area contributed by atoms with Crippen molar-refractivity contribution in [3.05, 3.63) is 66.0 Å². The van der Waals surface area contributed by atoms with Crippen LogP contribution in [0.2, 0.25) is 0 Å². The second-order valence-electron chi connectivity index (χ2n) is 5.16. The normalized spacial score (nSPS) is 11.3. The maximum Gasteiger partial charge on any atom is 0.321 e. The summed E-state index contributed by atoms with van der Waals surface area (Å²) in [5, 5.41) is 0. The Morgan fingerprint density at radius 2 is 1.64 bits per heavy atom. The molecule has 0 saturated carbocycles. The summed E-state index contributed by atoms with van der Waals surface area (Å²) in [6.45, 7) is -1.05. The molecule has 6 nitrogen and oxygen atoms in total. The van der Waals surface area contributed by atoms with Gasteiger partial charge >= 0.3 is 5.97 Å². The largest absolute Gasteiger partial charge is 0.456 e. The predicted molar refractivity (Wildman–Crippen MR) is 87.9 cm³/mol. The van der Waals surface area contributed by atoms with Crippen molar-refractivity contribution in [3.63, 3.8) is 0 Å². The predicted octanol–water partition coefficient (Wildman–Crippen LogP) is 1.87. The number of carbonyl (C=O) groups excluding carboxylic acids is 2. The Kier molecular flexibility index (Phi) is 6.00. The first-order chi connectivity index (χ1) is 11.8. The van der Waals surface area contributed by atoms with Gasteiger partial charge in [-0.3, -0.25) is 9.59 Å². The van der Waals surface area contributed by atoms with Gasteiger partial charge < -0.3 is 4.74 Å². The Labute approximate surface area is 144 Å². The molecule has 2 rings (SSSR count). The minimum absolute atomic E-state index is 0.149. The molecule has 0 saturated heterocycles. The molecule has 0 unspecified atom stereocenters. The molecule has 0 bridgehead atoms. The molecule has 0 atom stereocenters. The van der Waals surface area contributed by atoms with Crippen LogP contribution in [0.4, 0.5) is 4.39 Å². The number of Topliss-reactive ketones (excluding diaryl/α,β-unsaturated/α-hetero) is 1. The van der Waals surface area contributed by atoms with Gasteiger partial charge in [-0.25, -0.2) is 12.8 Å². The first-order valence-corrected chi connectivity index (χ1v) is 8.70. The van der Waals surface area contributed by atoms with E-state index in [0.29, 0.717) is 5.56 Å². The summed E-state index contributed by atoms with van der Waals surface area (Å²) in [4.78, 5) is 23.5. The molecule has 2 aromatic carbocycles. The van der Waals surface area contributed by atoms with Crippen LogP contribution >= 0.6 is 0 Å². The van der Waals surface area contributed by atoms with Crippen molar-refractivity contribution in [2.45, 2.75) is 4.90 Å². The number of halogens is 1. The van der Waals surface area contributed by atoms with Crippen molar-refractivity contribution in [1.29, 1.82) is 0 Å². The lowest BCUT2D eigenvalue weighted by atomic mass is 10.1. The third-order valence-electron chi connectivity index (χ3n) is 3.33. The number of hydrogen-bond acceptors (Lipinski definition) is 5. The average Bonchev–Trinajstić information content (AvgIpc) is 2.60. The maximum atomic E-state index is 12.9. The topological polar surface area (TPSA) is 80.8 Å². The first kappa shape index (κ1) is 18.8. The van der Waals surface area contributed by atoms with E-state index in [1.54, 1.807) is 30.3 Å². The average molecular weight is 365 g/mol. The van der Waals surface area contributed by atoms with Crippen molar-refractivity contribution < 1.29 is 27.1 Å². The lowest BCUT2D eigenvalue weighted by Crippen LogP contribution is -2.33. The van der Waals surface area contributed by atoms with Crippen molar-refractivity contribution in [2.24, 2.45) is 0 Å². The molecule has 0 aliphatic carbocycles. The number of benzene rings is 2. The highest BCUT2D eigenvalue weighted by Crippen LogP contribution is 2.14. The highest BCUT2D eigenvalue weighted by atomic mass is 32.2. The molecule has 0 aromatic heterocycles. The quantitative estimate of drug-likeness (QED) is 0.553. The van der Waals surface area contributed by atoms with E-state index in [2.05, 4.69) is 0 Å². The molecule has 0 N–H and O–H groups in total. The van der Waals surface area contributed by atoms with E-state index in [-0.39, 0.29) is 4.90 Å². The fourth-order valence-corrected chi connectivity index (χ4v) is 3.07. The van der Waals surface area contributed by atoms with Gasteiger partial charge in [-0.1, -0.05) is 30.3 Å². The second-order valence-corrected chi connectivity index (χ2v) is 7.21. The molecule has 0 spiro atoms. The van der Waals surface area contributed by atoms with Crippen LogP contribution in [0.25, 0.3) is 0 Å². The van der Waals surface area contributed by atoms with Crippen LogP contribution in [0.1, 0.15) is 10.4 Å². The molecule has 0 aliphatic heterocycles. The summed E-state index contributed by atoms with van der Waals surface area (Å²) < 4.78 is 43.0. The van der Waals surface area contributed by atoms with Gasteiger partial charge in [-0.2, -0.15) is 4.31 Å². The first-order valence-electron chi connectivity index (χ1n) is 7.26. The van der Waals surface area contributed by atoms with Gasteiger partial charge in [-0.05, 0) is 24.3 Å². The van der Waals surface area contributed by atoms with Crippen LogP contribution in [0, 0.1) is 5.82 Å². The van der Waals surface area contributed by atoms with E-state index >= 15 is 0 Å². The monoisotopic (exact) mass is 365 g/mol. The van der Waals surface area contributed by atoms with Crippen LogP contribution in [-0.2, 0) is 19.6 Å². The zero-order valence-corrected chi connectivity index (χ0v) is 14.2. The third-order valence-corrected chi connectivity index (χ3v) is 5.15. The summed E-state index contributed by atoms with van der Waals surface area (Å²) in [6.07, 6.45) is 0. The summed E-state index contributed by atoms with van der Waals surface area (Å²) in [6, 6.07) is 12.5. The standard InChI is InChI=1S/C17H16FNO5S/c1-19(25(22,23)15-9-7-14(18)8-10-15)11-17(21)24-12-16(20)13-5-3-2-4-6-13/h2-10H,11-12H2,1H3. The number of ketones is 1. The number of likely N-dealkylation sites (N-methyl/N-ethyl adjacent to an activating group) is 1. The van der Waals surface area contributed by atoms with Gasteiger partial charge in [0.25, 0.3) is 0 Å². The molecule has 0 radical (unpaired) electrons. The number of nitrogens with zero attached hydrogens (tertiary/aromatic N) is 1. The Hall–Kier alpha value is -2.58. The van der Waals surface area contributed by atoms with Crippen LogP contribution < -0.4 is 0 Å². The summed E-state index contributed by atoms with van der Waals surface area (Å²) in [5.74, 6) is -1.82. The van der Waals surface area contributed by atoms with E-state index in [4.69, 9.17) is 4.74 Å². The van der Waals surface area contributed by atoms with Gasteiger partial charge in [0.2, 0.25) is 10.0 Å². The van der Waals surface area contributed by atoms with Gasteiger partial charge in [0, 0.05) is 12.6 Å². The fraction of sp³-hybridized carbons (Fsp3) is 0.176. The zero-order valence-electron chi connectivity index (χ0n) is 13.4. The van der Waals surface area contributed by atoms with Gasteiger partial charge in [0.15, 0.2) is 12.4 Å². The number of carbonyl (C=O) groups is 2. The minimum Gasteiger partial charge on any atom is -0.456 e. The number of hydrogen-bond donors (Lipinski definition) is 0. The van der Waals surface area contributed by atoms with E-state index in [1.807, 2.05) is 0 Å². The Bertz CT molecular complexity index is 850. The third kappa shape index (κ3) is 4.94. The molecule has 0 fully saturated rings. The van der Waals surface area contributed by atoms with Crippen molar-refractivity contribution in [2.75, 3.05) is 20.2 Å². The van der Waals surface area contributed by atoms with Crippen LogP contribution in [-0.4, -0.2) is 44.7 Å². The van der Waals surface area contributed by atoms with Crippen LogP contribution in [0.5, 0.6) is 0 Å². The molecular formula is C17H16FNO5S. The van der Waals surface area contributed by atoms with E-state index in [0.717, 1.165) is 28.6 Å². The Morgan fingerprint density at radius 1 is 1.04 bits per heavy atom. The fourth-order valence-electron chi connectivity index (χ4n) is 1.95. The molecule has 8 heteroatoms. The molecule has 25 heavy (non-hydrogen) atoms. The minimum atomic E-state index is -3.96. The lowest BCUT2D eigenvalue weighted by molar-refractivity contribution is -0.142. The maximum absolute atomic E-state index is 12.9. The summed E-state index contributed by atoms with van der Waals surface area (Å²) in [7, 11) is -2.77. The number of rotatable bonds is 7. The van der Waals surface area contributed by atoms with E-state index in [1.165, 1.54) is 7.05 Å². The molecule has 132 valence electrons.